The molecule has 1 saturated heterocycles. The monoisotopic (exact) mass is 1460 g/mol. The van der Waals surface area contributed by atoms with E-state index >= 15 is 0 Å². The third-order valence-electron chi connectivity index (χ3n) is 23.6. The van der Waals surface area contributed by atoms with Gasteiger partial charge in [-0.15, -0.1) is 0 Å². The largest absolute Gasteiger partial charge is 0.508 e. The Balaban J connectivity index is 0.000000302. The van der Waals surface area contributed by atoms with Crippen molar-refractivity contribution in [2.75, 3.05) is 5.75 Å². The third kappa shape index (κ3) is 33.5. The van der Waals surface area contributed by atoms with Gasteiger partial charge in [0.2, 0.25) is 0 Å². The molecule has 4 aliphatic heterocycles. The predicted molar refractivity (Wildman–Crippen MR) is 448 cm³/mol. The molecule has 10 heteroatoms. The Hall–Kier alpha value is -4.15. The Morgan fingerprint density at radius 1 is 0.476 bits per heavy atom. The highest BCUT2D eigenvalue weighted by Crippen LogP contribution is 2.47. The van der Waals surface area contributed by atoms with Crippen LogP contribution >= 0.6 is 21.6 Å². The van der Waals surface area contributed by atoms with Gasteiger partial charge in [-0.05, 0) is 317 Å². The number of carboxylic acids is 1. The molecule has 4 N–H and O–H groups in total. The van der Waals surface area contributed by atoms with Crippen molar-refractivity contribution < 1.29 is 39.4 Å². The van der Waals surface area contributed by atoms with E-state index in [0.717, 1.165) is 199 Å². The number of rotatable bonds is 38. The van der Waals surface area contributed by atoms with Crippen molar-refractivity contribution in [2.45, 2.75) is 399 Å². The van der Waals surface area contributed by atoms with Gasteiger partial charge >= 0.3 is 5.97 Å². The molecule has 4 heterocycles. The topological polar surface area (TPSA) is 126 Å². The molecule has 4 unspecified atom stereocenters. The standard InChI is InChI=1S/C29H50O2.C28H48O2.C28H42O2.C8H14O2S2/c1-20(2)12-9-13-21(3)14-10-15-22(4)16-11-18-29(8)19-17-26-25(7)27(30)23(5)24(6)28(26)31-29;2*1-20(2)11-8-12-21(3)13-9-14-22(4)15-10-17-28(7)18-16-25-19-26(29)23(5)24(6)27(25)30-28;9-8(10)4-2-1-3-7-5-6-11-12-7/h20-22,30H,9-19H2,1-8H3;19-22,29H,8-18H2,1-7H3;11,13,15,19,29H,8-10,12,14,16-18H2,1-7H3;7H,1-6H2,(H,9,10)/b;;21-13+,22-15+;/t21-,22-,29-;;28-;/m1.1./s1. The highest BCUT2D eigenvalue weighted by atomic mass is 33.1. The van der Waals surface area contributed by atoms with Crippen LogP contribution in [0.15, 0.2) is 47.1 Å². The van der Waals surface area contributed by atoms with Crippen molar-refractivity contribution >= 4 is 27.6 Å². The summed E-state index contributed by atoms with van der Waals surface area (Å²) in [7, 11) is 3.92. The highest BCUT2D eigenvalue weighted by molar-refractivity contribution is 8.77. The minimum atomic E-state index is -0.663. The van der Waals surface area contributed by atoms with E-state index in [1.54, 1.807) is 0 Å². The van der Waals surface area contributed by atoms with Crippen LogP contribution in [0.3, 0.4) is 0 Å². The zero-order valence-electron chi connectivity index (χ0n) is 70.1. The fraction of sp³-hybridized carbons (Fsp3) is 0.731. The third-order valence-corrected chi connectivity index (χ3v) is 26.7. The van der Waals surface area contributed by atoms with E-state index in [1.165, 1.54) is 156 Å². The summed E-state index contributed by atoms with van der Waals surface area (Å²) in [4.78, 5) is 10.2. The van der Waals surface area contributed by atoms with Crippen LogP contribution in [0.4, 0.5) is 0 Å². The lowest BCUT2D eigenvalue weighted by Gasteiger charge is -2.38. The molecule has 8 nitrogen and oxygen atoms in total. The number of hydrogen-bond acceptors (Lipinski definition) is 9. The zero-order valence-corrected chi connectivity index (χ0v) is 71.8. The average molecular weight is 1460 g/mol. The van der Waals surface area contributed by atoms with Crippen LogP contribution in [0, 0.1) is 84.0 Å². The molecule has 0 spiro atoms. The summed E-state index contributed by atoms with van der Waals surface area (Å²) in [6.45, 7) is 48.9. The maximum absolute atomic E-state index is 10.4. The molecule has 8 atom stereocenters. The molecule has 3 aromatic carbocycles. The van der Waals surface area contributed by atoms with E-state index in [-0.39, 0.29) is 16.8 Å². The summed E-state index contributed by atoms with van der Waals surface area (Å²) in [5.41, 5.74) is 14.8. The van der Waals surface area contributed by atoms with Crippen LogP contribution in [-0.4, -0.2) is 54.2 Å². The van der Waals surface area contributed by atoms with Crippen molar-refractivity contribution in [3.8, 4) is 34.5 Å². The lowest BCUT2D eigenvalue weighted by molar-refractivity contribution is -0.137. The maximum atomic E-state index is 10.4. The molecular formula is C93H154O8S2. The van der Waals surface area contributed by atoms with Crippen molar-refractivity contribution in [3.63, 3.8) is 0 Å². The number of unbranched alkanes of at least 4 members (excludes halogenated alkanes) is 1. The van der Waals surface area contributed by atoms with E-state index in [4.69, 9.17) is 19.3 Å². The van der Waals surface area contributed by atoms with Gasteiger partial charge in [0.05, 0.1) is 0 Å². The van der Waals surface area contributed by atoms with Gasteiger partial charge in [-0.1, -0.05) is 208 Å². The molecule has 0 bridgehead atoms. The summed E-state index contributed by atoms with van der Waals surface area (Å²) in [5, 5.41) is 39.8. The molecule has 586 valence electrons. The van der Waals surface area contributed by atoms with Gasteiger partial charge < -0.3 is 34.6 Å². The summed E-state index contributed by atoms with van der Waals surface area (Å²) >= 11 is 0. The molecule has 3 aromatic rings. The van der Waals surface area contributed by atoms with E-state index in [9.17, 15) is 20.1 Å². The number of aryl methyl sites for hydroxylation is 2. The van der Waals surface area contributed by atoms with Crippen molar-refractivity contribution in [2.24, 2.45) is 35.5 Å². The molecule has 4 aliphatic rings. The van der Waals surface area contributed by atoms with Crippen molar-refractivity contribution in [3.05, 3.63) is 103 Å². The number of hydrogen-bond donors (Lipinski definition) is 4. The number of carboxylic acid groups (broad SMARTS) is 1. The Kier molecular flexibility index (Phi) is 41.0. The summed E-state index contributed by atoms with van der Waals surface area (Å²) < 4.78 is 19.6. The number of aliphatic carboxylic acids is 1. The van der Waals surface area contributed by atoms with E-state index in [1.807, 2.05) is 61.4 Å². The van der Waals surface area contributed by atoms with Crippen LogP contribution in [0.2, 0.25) is 0 Å². The van der Waals surface area contributed by atoms with Gasteiger partial charge in [-0.2, -0.15) is 0 Å². The number of aromatic hydroxyl groups is 3. The number of phenols is 3. The second-order valence-electron chi connectivity index (χ2n) is 35.1. The Morgan fingerprint density at radius 2 is 0.874 bits per heavy atom. The number of carbonyl (C=O) groups is 1. The van der Waals surface area contributed by atoms with Gasteiger partial charge in [0, 0.05) is 23.0 Å². The molecule has 0 aliphatic carbocycles. The normalized spacial score (nSPS) is 20.4. The van der Waals surface area contributed by atoms with Gasteiger partial charge in [0.25, 0.3) is 0 Å². The smallest absolute Gasteiger partial charge is 0.303 e. The lowest BCUT2D eigenvalue weighted by Crippen LogP contribution is -2.37. The highest BCUT2D eigenvalue weighted by Gasteiger charge is 2.36. The fourth-order valence-electron chi connectivity index (χ4n) is 15.5. The first-order valence-electron chi connectivity index (χ1n) is 41.5. The van der Waals surface area contributed by atoms with E-state index in [2.05, 4.69) is 143 Å². The minimum absolute atomic E-state index is 0.0637. The molecule has 0 saturated carbocycles. The quantitative estimate of drug-likeness (QED) is 0.0250. The van der Waals surface area contributed by atoms with Gasteiger partial charge in [0.1, 0.15) is 51.3 Å². The zero-order chi connectivity index (χ0) is 76.6. The van der Waals surface area contributed by atoms with Crippen LogP contribution in [0.5, 0.6) is 34.5 Å². The molecule has 0 radical (unpaired) electrons. The fourth-order valence-corrected chi connectivity index (χ4v) is 18.6. The Labute approximate surface area is 640 Å². The van der Waals surface area contributed by atoms with Gasteiger partial charge in [-0.3, -0.25) is 4.79 Å². The van der Waals surface area contributed by atoms with Gasteiger partial charge in [0.15, 0.2) is 0 Å². The number of benzene rings is 3. The lowest BCUT2D eigenvalue weighted by atomic mass is 9.84. The summed E-state index contributed by atoms with van der Waals surface area (Å²) in [5.74, 6) is 10.0. The molecule has 0 amide bonds. The first-order valence-corrected chi connectivity index (χ1v) is 43.9. The Morgan fingerprint density at radius 3 is 1.30 bits per heavy atom. The minimum Gasteiger partial charge on any atom is -0.508 e. The molecule has 7 rings (SSSR count). The van der Waals surface area contributed by atoms with E-state index < -0.39 is 5.97 Å². The number of phenolic OH excluding ortho intramolecular Hbond substituents is 3. The number of ether oxygens (including phenoxy) is 3. The summed E-state index contributed by atoms with van der Waals surface area (Å²) in [6.07, 6.45) is 48.6. The average Bonchev–Trinajstić information content (AvgIpc) is 0.940. The number of fused-ring (bicyclic) bond motifs is 3. The van der Waals surface area contributed by atoms with Crippen LogP contribution in [0.1, 0.15) is 365 Å². The van der Waals surface area contributed by atoms with Gasteiger partial charge in [-0.25, -0.2) is 0 Å². The second-order valence-corrected chi connectivity index (χ2v) is 37.9. The Bertz CT molecular complexity index is 3110. The maximum Gasteiger partial charge on any atom is 0.303 e. The van der Waals surface area contributed by atoms with E-state index in [0.29, 0.717) is 23.7 Å². The molecule has 103 heavy (non-hydrogen) atoms. The SMILES string of the molecule is CC(C)=CCC/C(C)=C/CC/C(C)=C/CC[C@]1(C)CCc2cc(O)c(C)c(C)c2O1.Cc1c(C)c2c(c(C)c1O)CC[C@@](C)(CCC[C@H](C)CCC[C@H](C)CCCC(C)C)O2.Cc1c(O)cc2c(c1C)OC(C)(CCCC(C)CCCC(C)CCCC(C)C)CC2.O=C(O)CCCCC1CCSS1. The molecule has 1 fully saturated rings. The van der Waals surface area contributed by atoms with Crippen molar-refractivity contribution in [1.29, 1.82) is 0 Å². The predicted octanol–water partition coefficient (Wildman–Crippen LogP) is 28.4. The second kappa shape index (κ2) is 46.3. The van der Waals surface area contributed by atoms with Crippen LogP contribution in [-0.2, 0) is 24.1 Å². The number of allylic oxidation sites excluding steroid dienone is 6. The van der Waals surface area contributed by atoms with Crippen LogP contribution in [0.25, 0.3) is 0 Å². The molecule has 0 aromatic heterocycles. The summed E-state index contributed by atoms with van der Waals surface area (Å²) in [6, 6.07) is 3.79. The van der Waals surface area contributed by atoms with Crippen molar-refractivity contribution in [1.82, 2.24) is 0 Å². The van der Waals surface area contributed by atoms with Crippen LogP contribution < -0.4 is 14.2 Å². The molecular weight excluding hydrogens is 1310 g/mol. The first kappa shape index (κ1) is 91.2. The first-order chi connectivity index (χ1) is 48.5.